The van der Waals surface area contributed by atoms with E-state index in [0.717, 1.165) is 15.4 Å². The first kappa shape index (κ1) is 21.4. The summed E-state index contributed by atoms with van der Waals surface area (Å²) in [4.78, 5) is 27.4. The lowest BCUT2D eigenvalue weighted by atomic mass is 9.84. The van der Waals surface area contributed by atoms with Gasteiger partial charge in [-0.3, -0.25) is 9.59 Å². The predicted molar refractivity (Wildman–Crippen MR) is 123 cm³/mol. The van der Waals surface area contributed by atoms with Gasteiger partial charge in [-0.2, -0.15) is 0 Å². The normalized spacial score (nSPS) is 11.3. The lowest BCUT2D eigenvalue weighted by Gasteiger charge is -2.24. The fourth-order valence-electron chi connectivity index (χ4n) is 3.15. The lowest BCUT2D eigenvalue weighted by Crippen LogP contribution is -2.14. The molecule has 0 atom stereocenters. The molecular formula is C25H24O2S2. The largest absolute Gasteiger partial charge is 0.281 e. The fourth-order valence-corrected chi connectivity index (χ4v) is 5.10. The molecule has 3 rings (SSSR count). The molecule has 0 saturated heterocycles. The van der Waals surface area contributed by atoms with Crippen LogP contribution in [-0.4, -0.2) is 10.2 Å². The number of rotatable bonds is 4. The fraction of sp³-hybridized carbons (Fsp3) is 0.200. The first-order valence-electron chi connectivity index (χ1n) is 9.46. The smallest absolute Gasteiger partial charge is 0.224 e. The van der Waals surface area contributed by atoms with Gasteiger partial charge in [0.15, 0.2) is 0 Å². The summed E-state index contributed by atoms with van der Waals surface area (Å²) in [5, 5.41) is -0.0451. The van der Waals surface area contributed by atoms with Crippen LogP contribution in [-0.2, 0) is 5.41 Å². The quantitative estimate of drug-likeness (QED) is 0.419. The molecule has 148 valence electrons. The Morgan fingerprint density at radius 3 is 1.66 bits per heavy atom. The number of carbonyl (C=O) groups is 2. The number of hydrogen-bond acceptors (Lipinski definition) is 4. The van der Waals surface area contributed by atoms with E-state index in [1.54, 1.807) is 0 Å². The Morgan fingerprint density at radius 2 is 1.17 bits per heavy atom. The molecule has 0 aliphatic rings. The molecule has 0 aliphatic carbocycles. The van der Waals surface area contributed by atoms with Crippen LogP contribution in [0.5, 0.6) is 0 Å². The molecule has 0 saturated carbocycles. The van der Waals surface area contributed by atoms with Gasteiger partial charge in [0.1, 0.15) is 0 Å². The van der Waals surface area contributed by atoms with Crippen LogP contribution in [0.4, 0.5) is 0 Å². The van der Waals surface area contributed by atoms with Gasteiger partial charge in [-0.25, -0.2) is 0 Å². The molecule has 0 bridgehead atoms. The van der Waals surface area contributed by atoms with Gasteiger partial charge < -0.3 is 0 Å². The molecule has 3 aromatic carbocycles. The van der Waals surface area contributed by atoms with E-state index in [-0.39, 0.29) is 15.6 Å². The summed E-state index contributed by atoms with van der Waals surface area (Å²) in [5.74, 6) is 0. The van der Waals surface area contributed by atoms with Gasteiger partial charge >= 0.3 is 0 Å². The van der Waals surface area contributed by atoms with Crippen molar-refractivity contribution in [1.82, 2.24) is 0 Å². The standard InChI is InChI=1S/C25H24O2S2/c1-17-20(25(2,3)4)15-16-21(28-23(26)18-11-7-5-8-12-18)22(17)29-24(27)19-13-9-6-10-14-19/h5-16H,1-4H3. The minimum Gasteiger partial charge on any atom is -0.281 e. The molecule has 0 spiro atoms. The molecule has 4 heteroatoms. The molecule has 0 fully saturated rings. The minimum atomic E-state index is -0.0537. The van der Waals surface area contributed by atoms with Crippen molar-refractivity contribution in [3.63, 3.8) is 0 Å². The Bertz CT molecular complexity index is 1020. The molecule has 0 N–H and O–H groups in total. The van der Waals surface area contributed by atoms with E-state index in [4.69, 9.17) is 0 Å². The lowest BCUT2D eigenvalue weighted by molar-refractivity contribution is 0.108. The van der Waals surface area contributed by atoms with Crippen LogP contribution in [0.1, 0.15) is 52.6 Å². The first-order chi connectivity index (χ1) is 13.8. The van der Waals surface area contributed by atoms with E-state index in [9.17, 15) is 9.59 Å². The molecule has 0 aliphatic heterocycles. The van der Waals surface area contributed by atoms with Crippen LogP contribution in [0.25, 0.3) is 0 Å². The number of thioether (sulfide) groups is 2. The van der Waals surface area contributed by atoms with Crippen LogP contribution in [0.3, 0.4) is 0 Å². The van der Waals surface area contributed by atoms with Crippen molar-refractivity contribution < 1.29 is 9.59 Å². The van der Waals surface area contributed by atoms with E-state index in [1.165, 1.54) is 29.1 Å². The van der Waals surface area contributed by atoms with Gasteiger partial charge in [0.2, 0.25) is 10.2 Å². The van der Waals surface area contributed by atoms with Gasteiger partial charge in [-0.1, -0.05) is 87.5 Å². The van der Waals surface area contributed by atoms with E-state index in [2.05, 4.69) is 26.8 Å². The maximum Gasteiger partial charge on any atom is 0.224 e. The van der Waals surface area contributed by atoms with Crippen molar-refractivity contribution in [1.29, 1.82) is 0 Å². The third-order valence-electron chi connectivity index (χ3n) is 4.59. The summed E-state index contributed by atoms with van der Waals surface area (Å²) in [6.07, 6.45) is 0. The summed E-state index contributed by atoms with van der Waals surface area (Å²) in [5.41, 5.74) is 3.49. The van der Waals surface area contributed by atoms with E-state index < -0.39 is 0 Å². The molecular weight excluding hydrogens is 396 g/mol. The van der Waals surface area contributed by atoms with Crippen molar-refractivity contribution in [2.24, 2.45) is 0 Å². The zero-order valence-corrected chi connectivity index (χ0v) is 18.7. The minimum absolute atomic E-state index is 0.0197. The van der Waals surface area contributed by atoms with Crippen LogP contribution in [0, 0.1) is 6.92 Å². The van der Waals surface area contributed by atoms with Gasteiger partial charge in [-0.05, 0) is 53.1 Å². The molecule has 0 aromatic heterocycles. The second-order valence-corrected chi connectivity index (χ2v) is 9.82. The first-order valence-corrected chi connectivity index (χ1v) is 11.1. The van der Waals surface area contributed by atoms with Gasteiger partial charge in [0, 0.05) is 20.9 Å². The summed E-state index contributed by atoms with van der Waals surface area (Å²) in [7, 11) is 0. The summed E-state index contributed by atoms with van der Waals surface area (Å²) in [6, 6.07) is 22.5. The van der Waals surface area contributed by atoms with Crippen molar-refractivity contribution in [2.75, 3.05) is 0 Å². The average molecular weight is 421 g/mol. The van der Waals surface area contributed by atoms with Crippen LogP contribution in [0.15, 0.2) is 82.6 Å². The highest BCUT2D eigenvalue weighted by Gasteiger charge is 2.23. The van der Waals surface area contributed by atoms with Crippen molar-refractivity contribution in [2.45, 2.75) is 42.9 Å². The zero-order valence-electron chi connectivity index (χ0n) is 17.1. The zero-order chi connectivity index (χ0) is 21.0. The van der Waals surface area contributed by atoms with E-state index >= 15 is 0 Å². The maximum atomic E-state index is 12.9. The van der Waals surface area contributed by atoms with Crippen LogP contribution >= 0.6 is 23.5 Å². The highest BCUT2D eigenvalue weighted by atomic mass is 32.2. The summed E-state index contributed by atoms with van der Waals surface area (Å²) in [6.45, 7) is 8.51. The second kappa shape index (κ2) is 9.02. The Balaban J connectivity index is 2.00. The molecule has 2 nitrogen and oxygen atoms in total. The molecule has 0 amide bonds. The van der Waals surface area contributed by atoms with E-state index in [1.807, 2.05) is 73.7 Å². The number of benzene rings is 3. The van der Waals surface area contributed by atoms with Crippen LogP contribution < -0.4 is 0 Å². The summed E-state index contributed by atoms with van der Waals surface area (Å²) >= 11 is 2.39. The Hall–Kier alpha value is -2.30. The SMILES string of the molecule is Cc1c(C(C)(C)C)ccc(SC(=O)c2ccccc2)c1SC(=O)c1ccccc1. The van der Waals surface area contributed by atoms with Gasteiger partial charge in [-0.15, -0.1) is 0 Å². The van der Waals surface area contributed by atoms with Crippen molar-refractivity contribution in [3.05, 3.63) is 95.1 Å². The third-order valence-corrected chi connectivity index (χ3v) is 6.86. The number of carbonyl (C=O) groups excluding carboxylic acids is 2. The summed E-state index contributed by atoms with van der Waals surface area (Å²) < 4.78 is 0. The molecule has 0 heterocycles. The Morgan fingerprint density at radius 1 is 0.690 bits per heavy atom. The molecule has 0 unspecified atom stereocenters. The van der Waals surface area contributed by atoms with Crippen LogP contribution in [0.2, 0.25) is 0 Å². The maximum absolute atomic E-state index is 12.9. The molecule has 3 aromatic rings. The Labute approximate surface area is 181 Å². The van der Waals surface area contributed by atoms with Crippen molar-refractivity contribution in [3.8, 4) is 0 Å². The number of hydrogen-bond donors (Lipinski definition) is 0. The Kier molecular flexibility index (Phi) is 6.66. The monoisotopic (exact) mass is 420 g/mol. The average Bonchev–Trinajstić information content (AvgIpc) is 2.70. The molecule has 29 heavy (non-hydrogen) atoms. The van der Waals surface area contributed by atoms with Gasteiger partial charge in [0.05, 0.1) is 0 Å². The highest BCUT2D eigenvalue weighted by molar-refractivity contribution is 8.16. The van der Waals surface area contributed by atoms with Crippen molar-refractivity contribution >= 4 is 33.8 Å². The topological polar surface area (TPSA) is 34.1 Å². The predicted octanol–water partition coefficient (Wildman–Crippen LogP) is 7.16. The second-order valence-electron chi connectivity index (χ2n) is 7.83. The molecule has 0 radical (unpaired) electrons. The highest BCUT2D eigenvalue weighted by Crippen LogP contribution is 2.40. The third kappa shape index (κ3) is 5.20. The van der Waals surface area contributed by atoms with Gasteiger partial charge in [0.25, 0.3) is 0 Å². The van der Waals surface area contributed by atoms with E-state index in [0.29, 0.717) is 11.1 Å².